The van der Waals surface area contributed by atoms with Crippen LogP contribution in [0.2, 0.25) is 0 Å². The molecule has 3 aromatic carbocycles. The Labute approximate surface area is 256 Å². The van der Waals surface area contributed by atoms with E-state index < -0.39 is 17.9 Å². The van der Waals surface area contributed by atoms with Crippen molar-refractivity contribution in [3.8, 4) is 63.0 Å². The molecule has 14 nitrogen and oxygen atoms in total. The van der Waals surface area contributed by atoms with E-state index in [0.717, 1.165) is 0 Å². The van der Waals surface area contributed by atoms with Crippen molar-refractivity contribution < 1.29 is 46.8 Å². The number of nitrogens with zero attached hydrogens (tertiary/aromatic N) is 2. The van der Waals surface area contributed by atoms with Crippen LogP contribution in [0.15, 0.2) is 62.2 Å². The van der Waals surface area contributed by atoms with Gasteiger partial charge >= 0.3 is 6.01 Å². The van der Waals surface area contributed by atoms with Crippen LogP contribution in [0.25, 0.3) is 33.7 Å². The average molecular weight is 620 g/mol. The summed E-state index contributed by atoms with van der Waals surface area (Å²) in [5.74, 6) is 1.25. The van der Waals surface area contributed by atoms with Crippen molar-refractivity contribution in [2.24, 2.45) is 0 Å². The smallest absolute Gasteiger partial charge is 0.322 e. The summed E-state index contributed by atoms with van der Waals surface area (Å²) < 4.78 is 50.0. The number of rotatable bonds is 12. The summed E-state index contributed by atoms with van der Waals surface area (Å²) in [7, 11) is 8.77. The second kappa shape index (κ2) is 13.2. The van der Waals surface area contributed by atoms with E-state index in [1.165, 1.54) is 54.8 Å². The van der Waals surface area contributed by atoms with Gasteiger partial charge in [0, 0.05) is 23.3 Å². The highest BCUT2D eigenvalue weighted by molar-refractivity contribution is 5.91. The Morgan fingerprint density at radius 2 is 1.44 bits per heavy atom. The highest BCUT2D eigenvalue weighted by atomic mass is 16.5. The van der Waals surface area contributed by atoms with Crippen molar-refractivity contribution in [3.05, 3.63) is 58.8 Å². The molecule has 0 spiro atoms. The number of hydrogen-bond acceptors (Lipinski definition) is 13. The Balaban J connectivity index is 1.52. The van der Waals surface area contributed by atoms with E-state index in [9.17, 15) is 9.59 Å². The fourth-order valence-electron chi connectivity index (χ4n) is 4.49. The molecule has 0 unspecified atom stereocenters. The first-order chi connectivity index (χ1) is 21.8. The lowest BCUT2D eigenvalue weighted by molar-refractivity contribution is -0.118. The van der Waals surface area contributed by atoms with Gasteiger partial charge in [0.25, 0.3) is 5.91 Å². The second-order valence-corrected chi connectivity index (χ2v) is 9.19. The SMILES string of the molecule is COc1cccc(-c2nnc(NC(=O)COc3c(-c4cc(OC)c(OC)c(OC)c4)oc4cc(OC)cc(OC)c4c3=O)o2)c1. The van der Waals surface area contributed by atoms with Crippen molar-refractivity contribution in [1.29, 1.82) is 0 Å². The van der Waals surface area contributed by atoms with E-state index >= 15 is 0 Å². The number of carbonyl (C=O) groups is 1. The summed E-state index contributed by atoms with van der Waals surface area (Å²) in [6.07, 6.45) is 0. The first-order valence-electron chi connectivity index (χ1n) is 13.3. The average Bonchev–Trinajstić information content (AvgIpc) is 3.54. The van der Waals surface area contributed by atoms with Gasteiger partial charge in [0.05, 0.1) is 42.7 Å². The number of anilines is 1. The zero-order valence-corrected chi connectivity index (χ0v) is 25.2. The molecule has 1 amide bonds. The molecule has 234 valence electrons. The first-order valence-corrected chi connectivity index (χ1v) is 13.3. The lowest BCUT2D eigenvalue weighted by Gasteiger charge is -2.16. The topological polar surface area (TPSA) is 163 Å². The fourth-order valence-corrected chi connectivity index (χ4v) is 4.49. The lowest BCUT2D eigenvalue weighted by atomic mass is 10.1. The third kappa shape index (κ3) is 6.11. The molecule has 0 atom stereocenters. The van der Waals surface area contributed by atoms with Crippen LogP contribution in [-0.4, -0.2) is 65.4 Å². The highest BCUT2D eigenvalue weighted by Crippen LogP contribution is 2.44. The number of carbonyl (C=O) groups excluding carboxylic acids is 1. The fraction of sp³-hybridized carbons (Fsp3) is 0.226. The monoisotopic (exact) mass is 619 g/mol. The molecule has 0 saturated heterocycles. The predicted octanol–water partition coefficient (Wildman–Crippen LogP) is 4.58. The van der Waals surface area contributed by atoms with Crippen LogP contribution in [-0.2, 0) is 4.79 Å². The molecule has 0 aliphatic carbocycles. The molecule has 0 radical (unpaired) electrons. The van der Waals surface area contributed by atoms with E-state index in [4.69, 9.17) is 42.0 Å². The van der Waals surface area contributed by atoms with Gasteiger partial charge in [-0.05, 0) is 30.3 Å². The maximum absolute atomic E-state index is 13.9. The molecule has 14 heteroatoms. The largest absolute Gasteiger partial charge is 0.497 e. The van der Waals surface area contributed by atoms with E-state index in [0.29, 0.717) is 39.9 Å². The lowest BCUT2D eigenvalue weighted by Crippen LogP contribution is -2.23. The molecule has 0 aliphatic rings. The van der Waals surface area contributed by atoms with Crippen molar-refractivity contribution >= 4 is 22.9 Å². The molecule has 5 aromatic rings. The zero-order chi connectivity index (χ0) is 32.1. The minimum Gasteiger partial charge on any atom is -0.497 e. The molecule has 5 rings (SSSR count). The van der Waals surface area contributed by atoms with Crippen molar-refractivity contribution in [1.82, 2.24) is 10.2 Å². The Hall–Kier alpha value is -5.92. The summed E-state index contributed by atoms with van der Waals surface area (Å²) >= 11 is 0. The number of hydrogen-bond donors (Lipinski definition) is 1. The normalized spacial score (nSPS) is 10.7. The Bertz CT molecular complexity index is 1890. The van der Waals surface area contributed by atoms with Crippen LogP contribution in [0.1, 0.15) is 0 Å². The Morgan fingerprint density at radius 3 is 2.09 bits per heavy atom. The van der Waals surface area contributed by atoms with Gasteiger partial charge in [-0.15, -0.1) is 5.10 Å². The van der Waals surface area contributed by atoms with Gasteiger partial charge in [-0.2, -0.15) is 0 Å². The molecular weight excluding hydrogens is 590 g/mol. The number of benzene rings is 3. The van der Waals surface area contributed by atoms with E-state index in [1.807, 2.05) is 0 Å². The summed E-state index contributed by atoms with van der Waals surface area (Å²) in [6.45, 7) is -0.622. The van der Waals surface area contributed by atoms with Crippen LogP contribution in [0.3, 0.4) is 0 Å². The second-order valence-electron chi connectivity index (χ2n) is 9.19. The molecule has 0 bridgehead atoms. The predicted molar refractivity (Wildman–Crippen MR) is 161 cm³/mol. The maximum Gasteiger partial charge on any atom is 0.322 e. The molecule has 2 heterocycles. The number of nitrogens with one attached hydrogen (secondary N) is 1. The van der Waals surface area contributed by atoms with Crippen LogP contribution in [0.4, 0.5) is 6.01 Å². The van der Waals surface area contributed by atoms with Gasteiger partial charge < -0.3 is 42.0 Å². The summed E-state index contributed by atoms with van der Waals surface area (Å²) in [5.41, 5.74) is 0.464. The molecule has 0 fully saturated rings. The Kier molecular flexibility index (Phi) is 8.93. The third-order valence-electron chi connectivity index (χ3n) is 6.61. The van der Waals surface area contributed by atoms with E-state index in [2.05, 4.69) is 15.5 Å². The third-order valence-corrected chi connectivity index (χ3v) is 6.61. The molecule has 0 saturated carbocycles. The minimum absolute atomic E-state index is 0.0204. The molecule has 0 aliphatic heterocycles. The Morgan fingerprint density at radius 1 is 0.733 bits per heavy atom. The van der Waals surface area contributed by atoms with Crippen molar-refractivity contribution in [2.45, 2.75) is 0 Å². The van der Waals surface area contributed by atoms with E-state index in [1.54, 1.807) is 36.4 Å². The van der Waals surface area contributed by atoms with Crippen LogP contribution in [0, 0.1) is 0 Å². The van der Waals surface area contributed by atoms with Crippen LogP contribution in [0.5, 0.6) is 40.2 Å². The summed E-state index contributed by atoms with van der Waals surface area (Å²) in [5, 5.41) is 10.4. The molecule has 45 heavy (non-hydrogen) atoms. The quantitative estimate of drug-likeness (QED) is 0.207. The summed E-state index contributed by atoms with van der Waals surface area (Å²) in [6, 6.07) is 13.0. The molecule has 2 aromatic heterocycles. The van der Waals surface area contributed by atoms with Crippen molar-refractivity contribution in [3.63, 3.8) is 0 Å². The number of amides is 1. The first kappa shape index (κ1) is 30.5. The van der Waals surface area contributed by atoms with Gasteiger partial charge in [-0.3, -0.25) is 14.9 Å². The molecular formula is C31H29N3O11. The van der Waals surface area contributed by atoms with Crippen LogP contribution < -0.4 is 43.9 Å². The number of aromatic nitrogens is 2. The maximum atomic E-state index is 13.9. The highest BCUT2D eigenvalue weighted by Gasteiger charge is 2.25. The van der Waals surface area contributed by atoms with E-state index in [-0.39, 0.29) is 40.1 Å². The van der Waals surface area contributed by atoms with Gasteiger partial charge in [0.2, 0.25) is 22.8 Å². The number of ether oxygens (including phenoxy) is 7. The standard InChI is InChI=1S/C31H29N3O11/c1-37-18-9-7-8-16(10-18)30-33-34-31(45-30)32-24(35)15-43-29-26(36)25-20(39-3)13-19(38-2)14-21(25)44-27(29)17-11-22(40-4)28(42-6)23(12-17)41-5/h7-14H,15H2,1-6H3,(H,32,34,35). The number of fused-ring (bicyclic) bond motifs is 1. The molecule has 1 N–H and O–H groups in total. The van der Waals surface area contributed by atoms with Gasteiger partial charge in [-0.1, -0.05) is 11.2 Å². The zero-order valence-electron chi connectivity index (χ0n) is 25.2. The summed E-state index contributed by atoms with van der Waals surface area (Å²) in [4.78, 5) is 26.9. The number of methoxy groups -OCH3 is 6. The van der Waals surface area contributed by atoms with Gasteiger partial charge in [0.1, 0.15) is 28.2 Å². The minimum atomic E-state index is -0.687. The van der Waals surface area contributed by atoms with Gasteiger partial charge in [0.15, 0.2) is 23.9 Å². The van der Waals surface area contributed by atoms with Gasteiger partial charge in [-0.25, -0.2) is 0 Å². The van der Waals surface area contributed by atoms with Crippen LogP contribution >= 0.6 is 0 Å². The van der Waals surface area contributed by atoms with Crippen molar-refractivity contribution in [2.75, 3.05) is 54.6 Å².